The van der Waals surface area contributed by atoms with Crippen molar-refractivity contribution in [3.63, 3.8) is 0 Å². The second kappa shape index (κ2) is 5.73. The zero-order valence-electron chi connectivity index (χ0n) is 11.2. The Bertz CT molecular complexity index is 607. The van der Waals surface area contributed by atoms with E-state index in [1.807, 2.05) is 6.92 Å². The molecule has 1 N–H and O–H groups in total. The lowest BCUT2D eigenvalue weighted by molar-refractivity contribution is -0.668. The van der Waals surface area contributed by atoms with Crippen molar-refractivity contribution in [2.75, 3.05) is 0 Å². The second-order valence-electron chi connectivity index (χ2n) is 4.59. The maximum atomic E-state index is 11.0. The second-order valence-corrected chi connectivity index (χ2v) is 4.59. The molecule has 1 heterocycles. The van der Waals surface area contributed by atoms with Gasteiger partial charge in [0.2, 0.25) is 0 Å². The van der Waals surface area contributed by atoms with Gasteiger partial charge in [-0.25, -0.2) is 13.9 Å². The molecule has 20 heavy (non-hydrogen) atoms. The van der Waals surface area contributed by atoms with Crippen LogP contribution in [0.3, 0.4) is 0 Å². The standard InChI is InChI=1S/C14H16N2O4/c1-2-5-12-15(8-13(17)18)10-6-3-4-7-11(10)16(12)9-14(19)20/h3-4,6-7H,2,5,8-9H2,1H3,(H-,17,18,19,20). The Labute approximate surface area is 115 Å². The van der Waals surface area contributed by atoms with Crippen molar-refractivity contribution in [2.24, 2.45) is 0 Å². The molecule has 2 rings (SSSR count). The molecular formula is C14H16N2O4. The van der Waals surface area contributed by atoms with Crippen molar-refractivity contribution in [2.45, 2.75) is 32.9 Å². The number of hydrogen-bond acceptors (Lipinski definition) is 3. The first-order chi connectivity index (χ1) is 9.54. The molecule has 6 heteroatoms. The number of aromatic nitrogens is 2. The quantitative estimate of drug-likeness (QED) is 0.735. The molecule has 2 aromatic rings. The smallest absolute Gasteiger partial charge is 0.346 e. The molecule has 1 aromatic carbocycles. The highest BCUT2D eigenvalue weighted by atomic mass is 16.4. The third-order valence-corrected chi connectivity index (χ3v) is 3.14. The molecule has 1 aromatic heterocycles. The van der Waals surface area contributed by atoms with Gasteiger partial charge in [0.15, 0.2) is 17.6 Å². The number of carboxylic acids is 2. The van der Waals surface area contributed by atoms with Gasteiger partial charge in [0, 0.05) is 6.42 Å². The molecule has 0 unspecified atom stereocenters. The van der Waals surface area contributed by atoms with Crippen molar-refractivity contribution in [1.29, 1.82) is 0 Å². The number of carbonyl (C=O) groups excluding carboxylic acids is 1. The van der Waals surface area contributed by atoms with Gasteiger partial charge in [-0.3, -0.25) is 0 Å². The van der Waals surface area contributed by atoms with Crippen molar-refractivity contribution < 1.29 is 24.4 Å². The first kappa shape index (κ1) is 14.0. The fourth-order valence-electron chi connectivity index (χ4n) is 2.46. The molecule has 0 spiro atoms. The summed E-state index contributed by atoms with van der Waals surface area (Å²) < 4.78 is 3.28. The van der Waals surface area contributed by atoms with Crippen LogP contribution in [0.5, 0.6) is 0 Å². The molecule has 0 aliphatic carbocycles. The Morgan fingerprint density at radius 1 is 1.35 bits per heavy atom. The molecule has 0 aliphatic rings. The van der Waals surface area contributed by atoms with E-state index in [0.29, 0.717) is 17.8 Å². The van der Waals surface area contributed by atoms with Crippen LogP contribution in [0.1, 0.15) is 19.2 Å². The molecule has 0 atom stereocenters. The molecule has 0 amide bonds. The molecule has 0 fully saturated rings. The van der Waals surface area contributed by atoms with Gasteiger partial charge in [-0.2, -0.15) is 0 Å². The predicted molar refractivity (Wildman–Crippen MR) is 68.8 cm³/mol. The summed E-state index contributed by atoms with van der Waals surface area (Å²) in [5.41, 5.74) is 1.43. The van der Waals surface area contributed by atoms with Gasteiger partial charge in [-0.15, -0.1) is 0 Å². The van der Waals surface area contributed by atoms with Crippen LogP contribution in [0.2, 0.25) is 0 Å². The number of aliphatic carboxylic acids is 2. The Balaban J connectivity index is 2.69. The van der Waals surface area contributed by atoms with Gasteiger partial charge in [-0.05, 0) is 18.6 Å². The van der Waals surface area contributed by atoms with Gasteiger partial charge in [-0.1, -0.05) is 19.1 Å². The lowest BCUT2D eigenvalue weighted by Crippen LogP contribution is -2.42. The van der Waals surface area contributed by atoms with E-state index < -0.39 is 11.9 Å². The van der Waals surface area contributed by atoms with Gasteiger partial charge in [0.1, 0.15) is 6.54 Å². The van der Waals surface area contributed by atoms with E-state index in [4.69, 9.17) is 5.11 Å². The molecule has 106 valence electrons. The summed E-state index contributed by atoms with van der Waals surface area (Å²) in [7, 11) is 0. The normalized spacial score (nSPS) is 10.8. The molecule has 6 nitrogen and oxygen atoms in total. The highest BCUT2D eigenvalue weighted by Gasteiger charge is 2.25. The number of nitrogens with zero attached hydrogens (tertiary/aromatic N) is 2. The minimum atomic E-state index is -1.19. The Morgan fingerprint density at radius 2 is 2.05 bits per heavy atom. The van der Waals surface area contributed by atoms with E-state index in [2.05, 4.69) is 0 Å². The third-order valence-electron chi connectivity index (χ3n) is 3.14. The number of benzene rings is 1. The average Bonchev–Trinajstić information content (AvgIpc) is 2.65. The number of para-hydroxylation sites is 2. The largest absolute Gasteiger partial charge is 0.546 e. The maximum absolute atomic E-state index is 11.0. The number of carbonyl (C=O) groups is 2. The van der Waals surface area contributed by atoms with Gasteiger partial charge in [0.05, 0.1) is 5.97 Å². The fraction of sp³-hybridized carbons (Fsp3) is 0.357. The summed E-state index contributed by atoms with van der Waals surface area (Å²) in [5, 5.41) is 20.0. The Hall–Kier alpha value is -2.37. The highest BCUT2D eigenvalue weighted by Crippen LogP contribution is 2.15. The highest BCUT2D eigenvalue weighted by molar-refractivity contribution is 5.75. The molecule has 0 aliphatic heterocycles. The van der Waals surface area contributed by atoms with Crippen LogP contribution < -0.4 is 9.67 Å². The maximum Gasteiger partial charge on any atom is 0.346 e. The monoisotopic (exact) mass is 276 g/mol. The summed E-state index contributed by atoms with van der Waals surface area (Å²) in [6.07, 6.45) is 1.40. The zero-order chi connectivity index (χ0) is 14.7. The lowest BCUT2D eigenvalue weighted by Gasteiger charge is -2.04. The van der Waals surface area contributed by atoms with Gasteiger partial charge >= 0.3 is 5.97 Å². The van der Waals surface area contributed by atoms with E-state index in [9.17, 15) is 14.7 Å². The summed E-state index contributed by atoms with van der Waals surface area (Å²) in [5.74, 6) is -1.45. The first-order valence-electron chi connectivity index (χ1n) is 6.46. The predicted octanol–water partition coefficient (Wildman–Crippen LogP) is -0.284. The lowest BCUT2D eigenvalue weighted by atomic mass is 10.3. The van der Waals surface area contributed by atoms with Crippen LogP contribution in [0.4, 0.5) is 0 Å². The number of hydrogen-bond donors (Lipinski definition) is 1. The van der Waals surface area contributed by atoms with E-state index in [1.54, 1.807) is 33.4 Å². The molecule has 0 radical (unpaired) electrons. The van der Waals surface area contributed by atoms with Crippen LogP contribution in [-0.2, 0) is 29.1 Å². The van der Waals surface area contributed by atoms with Crippen LogP contribution >= 0.6 is 0 Å². The van der Waals surface area contributed by atoms with Crippen LogP contribution in [0.15, 0.2) is 24.3 Å². The number of imidazole rings is 1. The van der Waals surface area contributed by atoms with Gasteiger partial charge < -0.3 is 15.0 Å². The average molecular weight is 276 g/mol. The van der Waals surface area contributed by atoms with Crippen molar-refractivity contribution >= 4 is 23.0 Å². The minimum absolute atomic E-state index is 0.185. The summed E-state index contributed by atoms with van der Waals surface area (Å²) in [6.45, 7) is 1.50. The van der Waals surface area contributed by atoms with Crippen LogP contribution in [0, 0.1) is 0 Å². The SMILES string of the molecule is CCCc1n(CC(=O)[O-])c2ccccc2[n+]1CC(=O)O. The van der Waals surface area contributed by atoms with Gasteiger partial charge in [0.25, 0.3) is 5.82 Å². The van der Waals surface area contributed by atoms with E-state index >= 15 is 0 Å². The molecule has 0 saturated carbocycles. The Kier molecular flexibility index (Phi) is 4.02. The summed E-state index contributed by atoms with van der Waals surface area (Å²) in [6, 6.07) is 7.19. The topological polar surface area (TPSA) is 86.2 Å². The van der Waals surface area contributed by atoms with Crippen LogP contribution in [0.25, 0.3) is 11.0 Å². The first-order valence-corrected chi connectivity index (χ1v) is 6.46. The molecular weight excluding hydrogens is 260 g/mol. The van der Waals surface area contributed by atoms with Crippen LogP contribution in [-0.4, -0.2) is 21.6 Å². The number of carboxylic acid groups (broad SMARTS) is 2. The molecule has 0 saturated heterocycles. The summed E-state index contributed by atoms with van der Waals surface area (Å²) in [4.78, 5) is 22.0. The zero-order valence-corrected chi connectivity index (χ0v) is 11.2. The Morgan fingerprint density at radius 3 is 2.65 bits per heavy atom. The number of rotatable bonds is 6. The van der Waals surface area contributed by atoms with Crippen molar-refractivity contribution in [1.82, 2.24) is 4.57 Å². The minimum Gasteiger partial charge on any atom is -0.546 e. The fourth-order valence-corrected chi connectivity index (χ4v) is 2.46. The third kappa shape index (κ3) is 2.64. The summed E-state index contributed by atoms with van der Waals surface area (Å²) >= 11 is 0. The van der Waals surface area contributed by atoms with E-state index in [0.717, 1.165) is 11.9 Å². The van der Waals surface area contributed by atoms with Crippen molar-refractivity contribution in [3.05, 3.63) is 30.1 Å². The molecule has 0 bridgehead atoms. The van der Waals surface area contributed by atoms with Crippen molar-refractivity contribution in [3.8, 4) is 0 Å². The van der Waals surface area contributed by atoms with E-state index in [1.165, 1.54) is 0 Å². The van der Waals surface area contributed by atoms with E-state index in [-0.39, 0.29) is 13.1 Å². The number of fused-ring (bicyclic) bond motifs is 1.